The second-order valence-corrected chi connectivity index (χ2v) is 11.5. The molecule has 0 aromatic heterocycles. The van der Waals surface area contributed by atoms with Gasteiger partial charge in [0.15, 0.2) is 6.61 Å². The van der Waals surface area contributed by atoms with Crippen molar-refractivity contribution in [2.24, 2.45) is 5.10 Å². The van der Waals surface area contributed by atoms with E-state index in [1.807, 2.05) is 6.92 Å². The molecule has 0 aliphatic rings. The predicted molar refractivity (Wildman–Crippen MR) is 166 cm³/mol. The molecule has 4 aromatic carbocycles. The maximum atomic E-state index is 13.6. The number of carbonyl (C=O) groups excluding carboxylic acids is 2. The van der Waals surface area contributed by atoms with E-state index in [4.69, 9.17) is 21.1 Å². The number of hydrazone groups is 1. The van der Waals surface area contributed by atoms with Gasteiger partial charge in [0.25, 0.3) is 21.8 Å². The van der Waals surface area contributed by atoms with Crippen LogP contribution in [0.4, 0.5) is 11.4 Å². The molecule has 12 heteroatoms. The number of ether oxygens (including phenoxy) is 2. The Morgan fingerprint density at radius 1 is 0.930 bits per heavy atom. The molecular formula is C31H29ClN4O6S. The van der Waals surface area contributed by atoms with E-state index in [0.29, 0.717) is 27.8 Å². The van der Waals surface area contributed by atoms with Crippen molar-refractivity contribution in [3.63, 3.8) is 0 Å². The summed E-state index contributed by atoms with van der Waals surface area (Å²) < 4.78 is 39.1. The van der Waals surface area contributed by atoms with E-state index >= 15 is 0 Å². The Balaban J connectivity index is 1.38. The topological polar surface area (TPSA) is 126 Å². The fraction of sp³-hybridized carbons (Fsp3) is 0.129. The number of hydrogen-bond acceptors (Lipinski definition) is 7. The number of rotatable bonds is 12. The summed E-state index contributed by atoms with van der Waals surface area (Å²) in [5, 5.41) is 7.17. The number of sulfonamides is 1. The molecule has 0 atom stereocenters. The lowest BCUT2D eigenvalue weighted by Crippen LogP contribution is -2.39. The van der Waals surface area contributed by atoms with E-state index in [1.165, 1.54) is 25.5 Å². The summed E-state index contributed by atoms with van der Waals surface area (Å²) in [6.45, 7) is 1.06. The van der Waals surface area contributed by atoms with Gasteiger partial charge in [-0.25, -0.2) is 13.8 Å². The molecule has 0 aliphatic carbocycles. The molecule has 0 fully saturated rings. The van der Waals surface area contributed by atoms with Crippen LogP contribution in [-0.2, 0) is 19.6 Å². The summed E-state index contributed by atoms with van der Waals surface area (Å²) in [5.74, 6) is -0.255. The van der Waals surface area contributed by atoms with Crippen molar-refractivity contribution in [2.45, 2.75) is 11.8 Å². The van der Waals surface area contributed by atoms with Gasteiger partial charge in [-0.05, 0) is 84.8 Å². The third-order valence-corrected chi connectivity index (χ3v) is 7.99. The Kier molecular flexibility index (Phi) is 10.4. The Labute approximate surface area is 254 Å². The van der Waals surface area contributed by atoms with Crippen molar-refractivity contribution in [1.29, 1.82) is 0 Å². The molecule has 222 valence electrons. The fourth-order valence-corrected chi connectivity index (χ4v) is 5.56. The van der Waals surface area contributed by atoms with Gasteiger partial charge < -0.3 is 14.8 Å². The maximum Gasteiger partial charge on any atom is 0.264 e. The van der Waals surface area contributed by atoms with E-state index in [9.17, 15) is 18.0 Å². The molecular weight excluding hydrogens is 592 g/mol. The van der Waals surface area contributed by atoms with Gasteiger partial charge in [-0.15, -0.1) is 0 Å². The van der Waals surface area contributed by atoms with Crippen LogP contribution in [-0.4, -0.2) is 46.7 Å². The molecule has 2 amide bonds. The molecule has 43 heavy (non-hydrogen) atoms. The lowest BCUT2D eigenvalue weighted by molar-refractivity contribution is -0.119. The Hall–Kier alpha value is -4.87. The highest BCUT2D eigenvalue weighted by Gasteiger charge is 2.29. The van der Waals surface area contributed by atoms with Crippen LogP contribution >= 0.6 is 11.6 Å². The lowest BCUT2D eigenvalue weighted by Gasteiger charge is -2.25. The van der Waals surface area contributed by atoms with Crippen molar-refractivity contribution in [2.75, 3.05) is 29.9 Å². The molecule has 0 aliphatic heterocycles. The normalized spacial score (nSPS) is 11.1. The first kappa shape index (κ1) is 31.1. The van der Waals surface area contributed by atoms with Gasteiger partial charge in [-0.2, -0.15) is 5.10 Å². The quantitative estimate of drug-likeness (QED) is 0.169. The summed E-state index contributed by atoms with van der Waals surface area (Å²) in [6.07, 6.45) is 1.40. The molecule has 0 bridgehead atoms. The molecule has 2 N–H and O–H groups in total. The van der Waals surface area contributed by atoms with Crippen molar-refractivity contribution < 1.29 is 27.5 Å². The van der Waals surface area contributed by atoms with Gasteiger partial charge in [0, 0.05) is 10.7 Å². The summed E-state index contributed by atoms with van der Waals surface area (Å²) in [4.78, 5) is 25.1. The molecule has 0 unspecified atom stereocenters. The van der Waals surface area contributed by atoms with E-state index in [1.54, 1.807) is 84.9 Å². The third kappa shape index (κ3) is 8.57. The number of benzene rings is 4. The fourth-order valence-electron chi connectivity index (χ4n) is 3.92. The number of methoxy groups -OCH3 is 1. The van der Waals surface area contributed by atoms with E-state index < -0.39 is 22.5 Å². The Morgan fingerprint density at radius 3 is 2.37 bits per heavy atom. The van der Waals surface area contributed by atoms with Crippen LogP contribution in [0.1, 0.15) is 11.1 Å². The van der Waals surface area contributed by atoms with Crippen LogP contribution in [0.25, 0.3) is 0 Å². The third-order valence-electron chi connectivity index (χ3n) is 5.98. The van der Waals surface area contributed by atoms with Gasteiger partial charge in [0.2, 0.25) is 0 Å². The van der Waals surface area contributed by atoms with Crippen LogP contribution in [0.3, 0.4) is 0 Å². The number of carbonyl (C=O) groups is 2. The average Bonchev–Trinajstić information content (AvgIpc) is 3.00. The zero-order chi connectivity index (χ0) is 30.8. The number of aryl methyl sites for hydroxylation is 1. The van der Waals surface area contributed by atoms with Gasteiger partial charge >= 0.3 is 0 Å². The first-order valence-electron chi connectivity index (χ1n) is 13.0. The Morgan fingerprint density at radius 2 is 1.67 bits per heavy atom. The summed E-state index contributed by atoms with van der Waals surface area (Å²) in [7, 11) is -2.69. The number of halogens is 1. The first-order chi connectivity index (χ1) is 20.7. The zero-order valence-corrected chi connectivity index (χ0v) is 24.9. The maximum absolute atomic E-state index is 13.6. The number of amides is 2. The molecule has 4 rings (SSSR count). The van der Waals surface area contributed by atoms with E-state index in [-0.39, 0.29) is 23.1 Å². The first-order valence-corrected chi connectivity index (χ1v) is 14.8. The number of nitrogens with one attached hydrogen (secondary N) is 2. The molecule has 0 radical (unpaired) electrons. The summed E-state index contributed by atoms with van der Waals surface area (Å²) in [6, 6.07) is 26.3. The number of anilines is 2. The largest absolute Gasteiger partial charge is 0.495 e. The van der Waals surface area contributed by atoms with Gasteiger partial charge in [0.1, 0.15) is 18.0 Å². The highest BCUT2D eigenvalue weighted by molar-refractivity contribution is 7.92. The van der Waals surface area contributed by atoms with Crippen molar-refractivity contribution >= 4 is 51.0 Å². The van der Waals surface area contributed by atoms with Gasteiger partial charge in [-0.3, -0.25) is 13.9 Å². The summed E-state index contributed by atoms with van der Waals surface area (Å²) in [5.41, 5.74) is 4.58. The van der Waals surface area contributed by atoms with Gasteiger partial charge in [-0.1, -0.05) is 41.9 Å². The van der Waals surface area contributed by atoms with Crippen molar-refractivity contribution in [3.05, 3.63) is 113 Å². The highest BCUT2D eigenvalue weighted by atomic mass is 35.5. The minimum atomic E-state index is -4.12. The second kappa shape index (κ2) is 14.3. The number of hydrogen-bond donors (Lipinski definition) is 2. The van der Waals surface area contributed by atoms with E-state index in [2.05, 4.69) is 15.8 Å². The van der Waals surface area contributed by atoms with Crippen molar-refractivity contribution in [3.8, 4) is 11.5 Å². The molecule has 10 nitrogen and oxygen atoms in total. The highest BCUT2D eigenvalue weighted by Crippen LogP contribution is 2.33. The van der Waals surface area contributed by atoms with E-state index in [0.717, 1.165) is 9.87 Å². The standard InChI is InChI=1S/C31H29ClN4O6S/c1-22-11-16-29(41-2)28(17-22)36(43(39,40)27-9-4-3-5-10-27)20-30(37)35-33-19-23-12-14-26(15-13-23)42-21-31(38)34-25-8-6-7-24(32)18-25/h3-19H,20-21H2,1-2H3,(H,34,38)(H,35,37)/b33-19-. The average molecular weight is 621 g/mol. The molecule has 0 heterocycles. The van der Waals surface area contributed by atoms with Gasteiger partial charge in [0.05, 0.1) is 23.9 Å². The molecule has 0 saturated carbocycles. The molecule has 4 aromatic rings. The smallest absolute Gasteiger partial charge is 0.264 e. The molecule has 0 spiro atoms. The minimum Gasteiger partial charge on any atom is -0.495 e. The van der Waals surface area contributed by atoms with Crippen LogP contribution in [0, 0.1) is 6.92 Å². The van der Waals surface area contributed by atoms with Crippen LogP contribution in [0.2, 0.25) is 5.02 Å². The molecule has 0 saturated heterocycles. The van der Waals surface area contributed by atoms with Crippen LogP contribution in [0.15, 0.2) is 107 Å². The van der Waals surface area contributed by atoms with Crippen molar-refractivity contribution in [1.82, 2.24) is 5.43 Å². The van der Waals surface area contributed by atoms with Crippen LogP contribution < -0.4 is 24.5 Å². The minimum absolute atomic E-state index is 0.0270. The summed E-state index contributed by atoms with van der Waals surface area (Å²) >= 11 is 5.93. The monoisotopic (exact) mass is 620 g/mol. The predicted octanol–water partition coefficient (Wildman–Crippen LogP) is 5.02. The van der Waals surface area contributed by atoms with Crippen LogP contribution in [0.5, 0.6) is 11.5 Å². The second-order valence-electron chi connectivity index (χ2n) is 9.21. The number of nitrogens with zero attached hydrogens (tertiary/aromatic N) is 2. The zero-order valence-electron chi connectivity index (χ0n) is 23.4. The SMILES string of the molecule is COc1ccc(C)cc1N(CC(=O)N/N=C\c1ccc(OCC(=O)Nc2cccc(Cl)c2)cc1)S(=O)(=O)c1ccccc1. The Bertz CT molecular complexity index is 1710. The lowest BCUT2D eigenvalue weighted by atomic mass is 10.2.